The molecule has 4 aromatic rings. The topological polar surface area (TPSA) is 102 Å². The van der Waals surface area contributed by atoms with Gasteiger partial charge in [-0.2, -0.15) is 0 Å². The van der Waals surface area contributed by atoms with E-state index in [2.05, 4.69) is 0 Å². The van der Waals surface area contributed by atoms with E-state index < -0.39 is 10.0 Å². The molecule has 9 heteroatoms. The highest BCUT2D eigenvalue weighted by molar-refractivity contribution is 7.92. The van der Waals surface area contributed by atoms with Crippen LogP contribution in [-0.2, 0) is 17.1 Å². The predicted octanol–water partition coefficient (Wildman–Crippen LogP) is 4.16. The number of fused-ring (bicyclic) bond motifs is 2. The SMILES string of the molecule is Cn1c(=O)c(N)c2c3c(c(N(CCCCl)S(=O)(=O)c4ccccc4)ccc31)C(=O)c1ccccc1-2. The number of nitrogens with two attached hydrogens (primary N) is 1. The van der Waals surface area contributed by atoms with E-state index >= 15 is 0 Å². The van der Waals surface area contributed by atoms with Crippen LogP contribution in [0.15, 0.2) is 76.4 Å². The van der Waals surface area contributed by atoms with Crippen molar-refractivity contribution in [3.63, 3.8) is 0 Å². The molecule has 0 amide bonds. The summed E-state index contributed by atoms with van der Waals surface area (Å²) in [5, 5.41) is 0.463. The van der Waals surface area contributed by atoms with Gasteiger partial charge in [0.25, 0.3) is 15.6 Å². The van der Waals surface area contributed by atoms with Crippen LogP contribution in [0.4, 0.5) is 11.4 Å². The minimum absolute atomic E-state index is 0.0107. The Hall–Kier alpha value is -3.62. The van der Waals surface area contributed by atoms with Crippen molar-refractivity contribution in [3.8, 4) is 11.1 Å². The lowest BCUT2D eigenvalue weighted by molar-refractivity contribution is 0.104. The average Bonchev–Trinajstić information content (AvgIpc) is 2.87. The maximum atomic E-state index is 13.9. The van der Waals surface area contributed by atoms with Gasteiger partial charge in [-0.15, -0.1) is 11.6 Å². The number of sulfonamides is 1. The van der Waals surface area contributed by atoms with Gasteiger partial charge in [-0.25, -0.2) is 8.42 Å². The number of pyridine rings is 1. The lowest BCUT2D eigenvalue weighted by Crippen LogP contribution is -2.34. The van der Waals surface area contributed by atoms with E-state index in [1.807, 2.05) is 0 Å². The largest absolute Gasteiger partial charge is 0.394 e. The number of nitrogens with zero attached hydrogens (tertiary/aromatic N) is 2. The molecule has 0 aliphatic heterocycles. The molecule has 0 atom stereocenters. The van der Waals surface area contributed by atoms with Crippen LogP contribution in [0, 0.1) is 0 Å². The zero-order valence-electron chi connectivity index (χ0n) is 18.9. The number of ketones is 1. The van der Waals surface area contributed by atoms with Gasteiger partial charge in [0, 0.05) is 36.0 Å². The molecule has 0 radical (unpaired) electrons. The summed E-state index contributed by atoms with van der Waals surface area (Å²) in [6.45, 7) is 0.0741. The van der Waals surface area contributed by atoms with Gasteiger partial charge in [-0.05, 0) is 36.2 Å². The monoisotopic (exact) mass is 507 g/mol. The first-order valence-electron chi connectivity index (χ1n) is 11.0. The molecule has 5 rings (SSSR count). The summed E-state index contributed by atoms with van der Waals surface area (Å²) >= 11 is 5.95. The van der Waals surface area contributed by atoms with Gasteiger partial charge in [0.1, 0.15) is 5.69 Å². The molecule has 35 heavy (non-hydrogen) atoms. The molecule has 0 spiro atoms. The minimum atomic E-state index is -4.02. The van der Waals surface area contributed by atoms with Crippen LogP contribution < -0.4 is 15.6 Å². The maximum absolute atomic E-state index is 13.9. The number of benzene rings is 3. The molecule has 1 aliphatic carbocycles. The Morgan fingerprint density at radius 2 is 1.57 bits per heavy atom. The second kappa shape index (κ2) is 8.55. The van der Waals surface area contributed by atoms with E-state index in [1.165, 1.54) is 21.0 Å². The summed E-state index contributed by atoms with van der Waals surface area (Å²) in [5.41, 5.74) is 8.23. The lowest BCUT2D eigenvalue weighted by atomic mass is 9.82. The Morgan fingerprint density at radius 3 is 2.26 bits per heavy atom. The summed E-state index contributed by atoms with van der Waals surface area (Å²) in [7, 11) is -2.44. The lowest BCUT2D eigenvalue weighted by Gasteiger charge is -2.30. The molecule has 1 aliphatic rings. The minimum Gasteiger partial charge on any atom is -0.394 e. The van der Waals surface area contributed by atoms with E-state index in [1.54, 1.807) is 61.6 Å². The van der Waals surface area contributed by atoms with Crippen LogP contribution >= 0.6 is 11.6 Å². The number of hydrogen-bond donors (Lipinski definition) is 1. The predicted molar refractivity (Wildman–Crippen MR) is 139 cm³/mol. The van der Waals surface area contributed by atoms with Crippen molar-refractivity contribution in [2.45, 2.75) is 11.3 Å². The fourth-order valence-electron chi connectivity index (χ4n) is 4.69. The van der Waals surface area contributed by atoms with Crippen molar-refractivity contribution >= 4 is 49.7 Å². The van der Waals surface area contributed by atoms with Gasteiger partial charge in [0.2, 0.25) is 0 Å². The van der Waals surface area contributed by atoms with Crippen LogP contribution in [0.2, 0.25) is 0 Å². The molecule has 3 aromatic carbocycles. The Bertz CT molecular complexity index is 1660. The van der Waals surface area contributed by atoms with Crippen LogP contribution in [0.5, 0.6) is 0 Å². The zero-order valence-corrected chi connectivity index (χ0v) is 20.4. The molecule has 178 valence electrons. The Labute approximate surface area is 207 Å². The highest BCUT2D eigenvalue weighted by Crippen LogP contribution is 2.45. The van der Waals surface area contributed by atoms with E-state index in [9.17, 15) is 18.0 Å². The van der Waals surface area contributed by atoms with Crippen molar-refractivity contribution in [3.05, 3.63) is 88.2 Å². The molecule has 1 heterocycles. The summed E-state index contributed by atoms with van der Waals surface area (Å²) in [4.78, 5) is 26.9. The fraction of sp³-hybridized carbons (Fsp3) is 0.154. The van der Waals surface area contributed by atoms with E-state index in [4.69, 9.17) is 17.3 Å². The van der Waals surface area contributed by atoms with Crippen LogP contribution in [0.1, 0.15) is 22.3 Å². The second-order valence-corrected chi connectivity index (χ2v) is 10.6. The Kier molecular flexibility index (Phi) is 5.65. The van der Waals surface area contributed by atoms with Gasteiger partial charge in [-0.3, -0.25) is 13.9 Å². The molecule has 2 N–H and O–H groups in total. The van der Waals surface area contributed by atoms with Gasteiger partial charge < -0.3 is 10.3 Å². The smallest absolute Gasteiger partial charge is 0.274 e. The Morgan fingerprint density at radius 1 is 0.914 bits per heavy atom. The second-order valence-electron chi connectivity index (χ2n) is 8.31. The highest BCUT2D eigenvalue weighted by Gasteiger charge is 2.35. The third-order valence-corrected chi connectivity index (χ3v) is 8.43. The van der Waals surface area contributed by atoms with E-state index in [0.29, 0.717) is 34.0 Å². The van der Waals surface area contributed by atoms with E-state index in [0.717, 1.165) is 0 Å². The van der Waals surface area contributed by atoms with Crippen molar-refractivity contribution in [1.29, 1.82) is 0 Å². The van der Waals surface area contributed by atoms with Gasteiger partial charge >= 0.3 is 0 Å². The normalized spacial score (nSPS) is 12.6. The summed E-state index contributed by atoms with van der Waals surface area (Å²) in [6, 6.07) is 18.2. The Balaban J connectivity index is 1.90. The first-order valence-corrected chi connectivity index (χ1v) is 13.0. The van der Waals surface area contributed by atoms with Crippen molar-refractivity contribution in [2.24, 2.45) is 7.05 Å². The van der Waals surface area contributed by atoms with Gasteiger partial charge in [0.15, 0.2) is 5.78 Å². The van der Waals surface area contributed by atoms with Crippen LogP contribution in [0.3, 0.4) is 0 Å². The number of carbonyl (C=O) groups excluding carboxylic acids is 1. The van der Waals surface area contributed by atoms with Crippen molar-refractivity contribution < 1.29 is 13.2 Å². The number of carbonyl (C=O) groups is 1. The van der Waals surface area contributed by atoms with Crippen molar-refractivity contribution in [2.75, 3.05) is 22.5 Å². The molecule has 7 nitrogen and oxygen atoms in total. The van der Waals surface area contributed by atoms with Crippen LogP contribution in [-0.4, -0.2) is 31.2 Å². The third-order valence-electron chi connectivity index (χ3n) is 6.34. The molecule has 0 bridgehead atoms. The van der Waals surface area contributed by atoms with Gasteiger partial charge in [-0.1, -0.05) is 42.5 Å². The van der Waals surface area contributed by atoms with Gasteiger partial charge in [0.05, 0.1) is 21.7 Å². The third kappa shape index (κ3) is 3.44. The summed E-state index contributed by atoms with van der Waals surface area (Å²) in [5.74, 6) is -0.0846. The number of nitrogen functional groups attached to an aromatic ring is 1. The first kappa shape index (κ1) is 23.1. The molecule has 0 fully saturated rings. The number of hydrogen-bond acceptors (Lipinski definition) is 5. The number of aryl methyl sites for hydroxylation is 1. The number of rotatable bonds is 6. The zero-order chi connectivity index (χ0) is 24.9. The number of anilines is 2. The quantitative estimate of drug-likeness (QED) is 0.348. The molecule has 0 saturated carbocycles. The summed E-state index contributed by atoms with van der Waals surface area (Å²) < 4.78 is 30.2. The average molecular weight is 508 g/mol. The standard InChI is InChI=1S/C26H22ClN3O4S/c1-29-19-12-13-20(30(15-7-14-27)35(33,34)16-8-3-2-4-9-16)23-22(19)21(24(28)26(29)32)17-10-5-6-11-18(17)25(23)31/h2-6,8-13H,7,14-15,28H2,1H3. The first-order chi connectivity index (χ1) is 16.8. The molecule has 0 saturated heterocycles. The molecule has 0 unspecified atom stereocenters. The number of alkyl halides is 1. The maximum Gasteiger partial charge on any atom is 0.274 e. The number of aromatic nitrogens is 1. The van der Waals surface area contributed by atoms with E-state index in [-0.39, 0.29) is 45.6 Å². The highest BCUT2D eigenvalue weighted by atomic mass is 35.5. The van der Waals surface area contributed by atoms with Crippen LogP contribution in [0.25, 0.3) is 22.0 Å². The summed E-state index contributed by atoms with van der Waals surface area (Å²) in [6.07, 6.45) is 0.373. The van der Waals surface area contributed by atoms with Crippen molar-refractivity contribution in [1.82, 2.24) is 4.57 Å². The molecule has 1 aromatic heterocycles. The number of halogens is 1. The molecular formula is C26H22ClN3O4S. The molecular weight excluding hydrogens is 486 g/mol. The fourth-order valence-corrected chi connectivity index (χ4v) is 6.34.